The van der Waals surface area contributed by atoms with Crippen LogP contribution in [0.1, 0.15) is 28.6 Å². The highest BCUT2D eigenvalue weighted by molar-refractivity contribution is 6.30. The molecule has 5 N–H and O–H groups in total. The first-order chi connectivity index (χ1) is 9.01. The zero-order chi connectivity index (χ0) is 14.0. The van der Waals surface area contributed by atoms with Gasteiger partial charge < -0.3 is 5.73 Å². The average molecular weight is 278 g/mol. The first-order valence-electron chi connectivity index (χ1n) is 5.83. The molecule has 19 heavy (non-hydrogen) atoms. The number of hydrazine groups is 1. The van der Waals surface area contributed by atoms with Gasteiger partial charge in [0.15, 0.2) is 0 Å². The summed E-state index contributed by atoms with van der Waals surface area (Å²) in [7, 11) is 0. The molecule has 0 radical (unpaired) electrons. The molecule has 0 saturated heterocycles. The average Bonchev–Trinajstić information content (AvgIpc) is 2.33. The molecule has 1 atom stereocenters. The molecule has 5 nitrogen and oxygen atoms in total. The summed E-state index contributed by atoms with van der Waals surface area (Å²) in [6.45, 7) is 3.87. The number of rotatable bonds is 3. The number of pyridine rings is 2. The van der Waals surface area contributed by atoms with Crippen LogP contribution in [0.25, 0.3) is 0 Å². The molecule has 2 heterocycles. The molecule has 0 spiro atoms. The maximum atomic E-state index is 5.97. The minimum Gasteiger partial charge on any atom is -0.383 e. The van der Waals surface area contributed by atoms with Crippen LogP contribution in [0.3, 0.4) is 0 Å². The zero-order valence-corrected chi connectivity index (χ0v) is 11.6. The zero-order valence-electron chi connectivity index (χ0n) is 10.8. The molecule has 6 heteroatoms. The van der Waals surface area contributed by atoms with E-state index in [1.54, 1.807) is 6.07 Å². The Balaban J connectivity index is 2.52. The molecule has 1 unspecified atom stereocenters. The number of halogens is 1. The van der Waals surface area contributed by atoms with Gasteiger partial charge in [0.2, 0.25) is 0 Å². The topological polar surface area (TPSA) is 89.8 Å². The van der Waals surface area contributed by atoms with Crippen molar-refractivity contribution in [2.24, 2.45) is 5.84 Å². The van der Waals surface area contributed by atoms with Gasteiger partial charge in [0.1, 0.15) is 5.82 Å². The molecule has 0 aliphatic rings. The van der Waals surface area contributed by atoms with Crippen molar-refractivity contribution >= 4 is 17.4 Å². The number of anilines is 1. The molecule has 2 aromatic rings. The fourth-order valence-electron chi connectivity index (χ4n) is 2.10. The molecule has 0 amide bonds. The molecule has 0 aliphatic heterocycles. The van der Waals surface area contributed by atoms with E-state index in [9.17, 15) is 0 Å². The van der Waals surface area contributed by atoms with Crippen LogP contribution in [0.5, 0.6) is 0 Å². The second-order valence-corrected chi connectivity index (χ2v) is 4.85. The van der Waals surface area contributed by atoms with Gasteiger partial charge in [-0.25, -0.2) is 10.4 Å². The maximum Gasteiger partial charge on any atom is 0.128 e. The summed E-state index contributed by atoms with van der Waals surface area (Å²) in [4.78, 5) is 8.40. The Morgan fingerprint density at radius 3 is 2.42 bits per heavy atom. The van der Waals surface area contributed by atoms with Crippen LogP contribution in [0, 0.1) is 13.8 Å². The highest BCUT2D eigenvalue weighted by atomic mass is 35.5. The Morgan fingerprint density at radius 2 is 1.84 bits per heavy atom. The first-order valence-corrected chi connectivity index (χ1v) is 6.21. The lowest BCUT2D eigenvalue weighted by Gasteiger charge is -2.19. The molecular formula is C13H16ClN5. The van der Waals surface area contributed by atoms with E-state index < -0.39 is 0 Å². The minimum absolute atomic E-state index is 0.272. The maximum absolute atomic E-state index is 5.97. The third kappa shape index (κ3) is 3.01. The summed E-state index contributed by atoms with van der Waals surface area (Å²) in [6.07, 6.45) is 1.51. The number of hydrogen-bond donors (Lipinski definition) is 3. The third-order valence-electron chi connectivity index (χ3n) is 2.83. The third-order valence-corrected chi connectivity index (χ3v) is 3.04. The Kier molecular flexibility index (Phi) is 3.99. The van der Waals surface area contributed by atoms with Crippen LogP contribution in [-0.2, 0) is 0 Å². The Morgan fingerprint density at radius 1 is 1.21 bits per heavy atom. The van der Waals surface area contributed by atoms with Crippen molar-refractivity contribution in [1.82, 2.24) is 15.4 Å². The second kappa shape index (κ2) is 5.52. The molecule has 2 rings (SSSR count). The monoisotopic (exact) mass is 277 g/mol. The Labute approximate surface area is 117 Å². The number of aromatic nitrogens is 2. The normalized spacial score (nSPS) is 12.4. The van der Waals surface area contributed by atoms with Gasteiger partial charge in [-0.3, -0.25) is 10.8 Å². The van der Waals surface area contributed by atoms with Crippen LogP contribution >= 0.6 is 11.6 Å². The van der Waals surface area contributed by atoms with E-state index in [4.69, 9.17) is 23.2 Å². The van der Waals surface area contributed by atoms with Crippen LogP contribution in [0.2, 0.25) is 5.02 Å². The highest BCUT2D eigenvalue weighted by Gasteiger charge is 2.17. The van der Waals surface area contributed by atoms with Crippen molar-refractivity contribution in [2.75, 3.05) is 5.73 Å². The number of nitrogen functional groups attached to an aromatic ring is 1. The molecular weight excluding hydrogens is 262 g/mol. The number of aryl methyl sites for hydroxylation is 2. The summed E-state index contributed by atoms with van der Waals surface area (Å²) < 4.78 is 0. The summed E-state index contributed by atoms with van der Waals surface area (Å²) in [5.74, 6) is 6.06. The van der Waals surface area contributed by atoms with Crippen molar-refractivity contribution < 1.29 is 0 Å². The molecule has 0 saturated carbocycles. The first kappa shape index (κ1) is 13.7. The van der Waals surface area contributed by atoms with E-state index in [1.807, 2.05) is 26.0 Å². The largest absolute Gasteiger partial charge is 0.383 e. The van der Waals surface area contributed by atoms with Crippen LogP contribution in [0.4, 0.5) is 5.82 Å². The van der Waals surface area contributed by atoms with Crippen LogP contribution in [0.15, 0.2) is 24.4 Å². The summed E-state index contributed by atoms with van der Waals surface area (Å²) in [6, 6.07) is 5.40. The van der Waals surface area contributed by atoms with Gasteiger partial charge in [-0.05, 0) is 37.6 Å². The van der Waals surface area contributed by atoms with E-state index in [2.05, 4.69) is 15.4 Å². The molecule has 0 bridgehead atoms. The SMILES string of the molecule is Cc1cc(C(NN)c2cc(Cl)cnc2N)cc(C)n1. The Bertz CT molecular complexity index is 579. The van der Waals surface area contributed by atoms with Crippen molar-refractivity contribution in [1.29, 1.82) is 0 Å². The van der Waals surface area contributed by atoms with Crippen LogP contribution in [-0.4, -0.2) is 9.97 Å². The van der Waals surface area contributed by atoms with Gasteiger partial charge in [-0.15, -0.1) is 0 Å². The predicted octanol–water partition coefficient (Wildman–Crippen LogP) is 1.88. The van der Waals surface area contributed by atoms with Gasteiger partial charge in [0.25, 0.3) is 0 Å². The lowest BCUT2D eigenvalue weighted by atomic mass is 9.99. The van der Waals surface area contributed by atoms with E-state index in [0.717, 1.165) is 22.5 Å². The Hall–Kier alpha value is -1.69. The standard InChI is InChI=1S/C13H16ClN5/c1-7-3-9(4-8(2)18-7)12(19-16)11-5-10(14)6-17-13(11)15/h3-6,12,19H,16H2,1-2H3,(H2,15,17). The molecule has 100 valence electrons. The van der Waals surface area contributed by atoms with Crippen molar-refractivity contribution in [3.8, 4) is 0 Å². The van der Waals surface area contributed by atoms with Crippen molar-refractivity contribution in [2.45, 2.75) is 19.9 Å². The van der Waals surface area contributed by atoms with Gasteiger partial charge in [-0.1, -0.05) is 11.6 Å². The lowest BCUT2D eigenvalue weighted by molar-refractivity contribution is 0.634. The highest BCUT2D eigenvalue weighted by Crippen LogP contribution is 2.27. The smallest absolute Gasteiger partial charge is 0.128 e. The summed E-state index contributed by atoms with van der Waals surface area (Å²) >= 11 is 5.97. The van der Waals surface area contributed by atoms with Crippen molar-refractivity contribution in [3.05, 3.63) is 51.9 Å². The summed E-state index contributed by atoms with van der Waals surface area (Å²) in [5, 5.41) is 0.520. The van der Waals surface area contributed by atoms with E-state index in [0.29, 0.717) is 10.8 Å². The van der Waals surface area contributed by atoms with E-state index in [1.165, 1.54) is 6.20 Å². The minimum atomic E-state index is -0.272. The number of hydrogen-bond acceptors (Lipinski definition) is 5. The predicted molar refractivity (Wildman–Crippen MR) is 76.5 cm³/mol. The fraction of sp³-hybridized carbons (Fsp3) is 0.231. The number of nitrogens with two attached hydrogens (primary N) is 2. The molecule has 0 fully saturated rings. The number of nitrogens with one attached hydrogen (secondary N) is 1. The molecule has 2 aromatic heterocycles. The van der Waals surface area contributed by atoms with E-state index >= 15 is 0 Å². The van der Waals surface area contributed by atoms with Gasteiger partial charge in [0.05, 0.1) is 11.1 Å². The summed E-state index contributed by atoms with van der Waals surface area (Å²) in [5.41, 5.74) is 12.2. The van der Waals surface area contributed by atoms with Crippen molar-refractivity contribution in [3.63, 3.8) is 0 Å². The van der Waals surface area contributed by atoms with Crippen LogP contribution < -0.4 is 17.0 Å². The molecule has 0 aromatic carbocycles. The van der Waals surface area contributed by atoms with Gasteiger partial charge >= 0.3 is 0 Å². The fourth-order valence-corrected chi connectivity index (χ4v) is 2.26. The second-order valence-electron chi connectivity index (χ2n) is 4.41. The number of nitrogens with zero attached hydrogens (tertiary/aromatic N) is 2. The lowest BCUT2D eigenvalue weighted by Crippen LogP contribution is -2.30. The van der Waals surface area contributed by atoms with Gasteiger partial charge in [0, 0.05) is 23.1 Å². The quantitative estimate of drug-likeness (QED) is 0.589. The molecule has 0 aliphatic carbocycles. The van der Waals surface area contributed by atoms with Gasteiger partial charge in [-0.2, -0.15) is 0 Å². The van der Waals surface area contributed by atoms with E-state index in [-0.39, 0.29) is 6.04 Å².